The van der Waals surface area contributed by atoms with Gasteiger partial charge < -0.3 is 4.74 Å². The van der Waals surface area contributed by atoms with Gasteiger partial charge in [-0.05, 0) is 90.3 Å². The molecule has 3 heteroatoms. The molecule has 1 aliphatic carbocycles. The molecule has 0 aliphatic heterocycles. The Labute approximate surface area is 170 Å². The van der Waals surface area contributed by atoms with Crippen LogP contribution in [0, 0.1) is 15.3 Å². The third-order valence-corrected chi connectivity index (χ3v) is 6.59. The lowest BCUT2D eigenvalue weighted by atomic mass is 9.77. The monoisotopic (exact) mass is 466 g/mol. The lowest BCUT2D eigenvalue weighted by Crippen LogP contribution is -2.13. The molecule has 2 aromatic carbocycles. The van der Waals surface area contributed by atoms with Gasteiger partial charge in [0, 0.05) is 5.56 Å². The fraction of sp³-hybridized carbons (Fsp3) is 0.478. The quantitative estimate of drug-likeness (QED) is 0.399. The van der Waals surface area contributed by atoms with Crippen molar-refractivity contribution in [3.63, 3.8) is 0 Å². The summed E-state index contributed by atoms with van der Waals surface area (Å²) in [5, 5.41) is 0. The fourth-order valence-electron chi connectivity index (χ4n) is 4.15. The maximum atomic E-state index is 14.8. The van der Waals surface area contributed by atoms with Crippen molar-refractivity contribution in [2.75, 3.05) is 6.61 Å². The first kappa shape index (κ1) is 19.7. The van der Waals surface area contributed by atoms with Crippen LogP contribution in [0.25, 0.3) is 11.1 Å². The van der Waals surface area contributed by atoms with E-state index >= 15 is 0 Å². The van der Waals surface area contributed by atoms with Gasteiger partial charge in [-0.2, -0.15) is 0 Å². The Bertz CT molecular complexity index is 718. The van der Waals surface area contributed by atoms with Crippen molar-refractivity contribution in [1.82, 2.24) is 0 Å². The molecule has 140 valence electrons. The van der Waals surface area contributed by atoms with Crippen LogP contribution in [0.3, 0.4) is 0 Å². The van der Waals surface area contributed by atoms with Crippen molar-refractivity contribution in [3.05, 3.63) is 51.3 Å². The van der Waals surface area contributed by atoms with Gasteiger partial charge in [-0.15, -0.1) is 0 Å². The lowest BCUT2D eigenvalue weighted by Gasteiger charge is -2.28. The Morgan fingerprint density at radius 1 is 1.00 bits per heavy atom. The molecule has 1 nitrogen and oxygen atoms in total. The van der Waals surface area contributed by atoms with E-state index in [1.165, 1.54) is 44.1 Å². The second-order valence-corrected chi connectivity index (χ2v) is 8.38. The molecule has 0 spiro atoms. The second kappa shape index (κ2) is 9.20. The largest absolute Gasteiger partial charge is 0.493 e. The van der Waals surface area contributed by atoms with Crippen LogP contribution in [0.1, 0.15) is 63.9 Å². The highest BCUT2D eigenvalue weighted by Crippen LogP contribution is 2.38. The van der Waals surface area contributed by atoms with Gasteiger partial charge >= 0.3 is 0 Å². The van der Waals surface area contributed by atoms with E-state index in [0.29, 0.717) is 27.4 Å². The van der Waals surface area contributed by atoms with Crippen molar-refractivity contribution in [2.45, 2.75) is 58.3 Å². The van der Waals surface area contributed by atoms with Gasteiger partial charge in [-0.25, -0.2) is 4.39 Å². The predicted octanol–water partition coefficient (Wildman–Crippen LogP) is 7.57. The van der Waals surface area contributed by atoms with Gasteiger partial charge in [-0.1, -0.05) is 44.0 Å². The Hall–Kier alpha value is -1.10. The molecule has 26 heavy (non-hydrogen) atoms. The topological polar surface area (TPSA) is 9.23 Å². The molecule has 1 fully saturated rings. The molecule has 0 saturated heterocycles. The highest BCUT2D eigenvalue weighted by Gasteiger charge is 2.22. The van der Waals surface area contributed by atoms with Crippen LogP contribution < -0.4 is 4.74 Å². The van der Waals surface area contributed by atoms with Gasteiger partial charge in [0.25, 0.3) is 0 Å². The van der Waals surface area contributed by atoms with E-state index in [0.717, 1.165) is 11.5 Å². The Morgan fingerprint density at radius 2 is 1.69 bits per heavy atom. The number of ether oxygens (including phenoxy) is 1. The maximum absolute atomic E-state index is 14.8. The average molecular weight is 466 g/mol. The van der Waals surface area contributed by atoms with E-state index in [2.05, 4.69) is 31.2 Å². The molecular formula is C23H28FIO. The van der Waals surface area contributed by atoms with E-state index in [1.54, 1.807) is 0 Å². The Kier molecular flexibility index (Phi) is 6.96. The van der Waals surface area contributed by atoms with Crippen LogP contribution in [0.4, 0.5) is 4.39 Å². The average Bonchev–Trinajstić information content (AvgIpc) is 2.67. The van der Waals surface area contributed by atoms with Crippen molar-refractivity contribution < 1.29 is 9.13 Å². The SMILES string of the molecule is CCCC1CCC(c2ccc(-c3ccc(OCC)c(I)c3F)cc2)CC1. The first-order valence-corrected chi connectivity index (χ1v) is 10.9. The molecule has 0 heterocycles. The van der Waals surface area contributed by atoms with Gasteiger partial charge in [0.05, 0.1) is 10.2 Å². The van der Waals surface area contributed by atoms with Gasteiger partial charge in [0.2, 0.25) is 0 Å². The molecule has 2 aromatic rings. The highest BCUT2D eigenvalue weighted by atomic mass is 127. The summed E-state index contributed by atoms with van der Waals surface area (Å²) in [5.74, 6) is 2.03. The summed E-state index contributed by atoms with van der Waals surface area (Å²) in [6.07, 6.45) is 7.97. The Morgan fingerprint density at radius 3 is 2.31 bits per heavy atom. The normalized spacial score (nSPS) is 20.2. The zero-order valence-electron chi connectivity index (χ0n) is 15.7. The molecule has 0 atom stereocenters. The van der Waals surface area contributed by atoms with Crippen LogP contribution in [-0.2, 0) is 0 Å². The highest BCUT2D eigenvalue weighted by molar-refractivity contribution is 14.1. The molecule has 1 aliphatic rings. The summed E-state index contributed by atoms with van der Waals surface area (Å²) in [5.41, 5.74) is 2.99. The van der Waals surface area contributed by atoms with E-state index in [4.69, 9.17) is 4.74 Å². The first-order chi connectivity index (χ1) is 12.6. The third kappa shape index (κ3) is 4.41. The van der Waals surface area contributed by atoms with Gasteiger partial charge in [0.15, 0.2) is 0 Å². The zero-order valence-corrected chi connectivity index (χ0v) is 17.9. The predicted molar refractivity (Wildman–Crippen MR) is 115 cm³/mol. The Balaban J connectivity index is 1.73. The minimum Gasteiger partial charge on any atom is -0.493 e. The zero-order chi connectivity index (χ0) is 18.5. The van der Waals surface area contributed by atoms with Gasteiger partial charge in [0.1, 0.15) is 11.6 Å². The molecule has 0 amide bonds. The van der Waals surface area contributed by atoms with Gasteiger partial charge in [-0.3, -0.25) is 0 Å². The molecule has 0 radical (unpaired) electrons. The van der Waals surface area contributed by atoms with Crippen molar-refractivity contribution in [3.8, 4) is 16.9 Å². The summed E-state index contributed by atoms with van der Waals surface area (Å²) in [7, 11) is 0. The third-order valence-electron chi connectivity index (χ3n) is 5.58. The number of rotatable bonds is 6. The van der Waals surface area contributed by atoms with Crippen LogP contribution in [0.5, 0.6) is 5.75 Å². The molecule has 0 unspecified atom stereocenters. The van der Waals surface area contributed by atoms with E-state index in [-0.39, 0.29) is 5.82 Å². The molecule has 3 rings (SSSR count). The summed E-state index contributed by atoms with van der Waals surface area (Å²) in [4.78, 5) is 0. The van der Waals surface area contributed by atoms with E-state index in [9.17, 15) is 4.39 Å². The molecule has 0 N–H and O–H groups in total. The van der Waals surface area contributed by atoms with Crippen LogP contribution >= 0.6 is 22.6 Å². The van der Waals surface area contributed by atoms with Crippen molar-refractivity contribution >= 4 is 22.6 Å². The van der Waals surface area contributed by atoms with Crippen LogP contribution in [-0.4, -0.2) is 6.61 Å². The maximum Gasteiger partial charge on any atom is 0.148 e. The smallest absolute Gasteiger partial charge is 0.148 e. The van der Waals surface area contributed by atoms with Crippen molar-refractivity contribution in [1.29, 1.82) is 0 Å². The van der Waals surface area contributed by atoms with Crippen LogP contribution in [0.15, 0.2) is 36.4 Å². The summed E-state index contributed by atoms with van der Waals surface area (Å²) >= 11 is 2.03. The fourth-order valence-corrected chi connectivity index (χ4v) is 4.78. The minimum absolute atomic E-state index is 0.190. The molecular weight excluding hydrogens is 438 g/mol. The number of hydrogen-bond acceptors (Lipinski definition) is 1. The van der Waals surface area contributed by atoms with Crippen LogP contribution in [0.2, 0.25) is 0 Å². The summed E-state index contributed by atoms with van der Waals surface area (Å²) in [6, 6.07) is 12.2. The number of benzene rings is 2. The molecule has 0 bridgehead atoms. The second-order valence-electron chi connectivity index (χ2n) is 7.30. The minimum atomic E-state index is -0.190. The van der Waals surface area contributed by atoms with E-state index in [1.807, 2.05) is 41.6 Å². The number of halogens is 2. The first-order valence-electron chi connectivity index (χ1n) is 9.85. The summed E-state index contributed by atoms with van der Waals surface area (Å²) in [6.45, 7) is 4.74. The lowest BCUT2D eigenvalue weighted by molar-refractivity contribution is 0.308. The standard InChI is InChI=1S/C23H28FIO/c1-3-5-16-6-8-17(9-7-16)18-10-12-19(13-11-18)20-14-15-21(26-4-2)23(25)22(20)24/h10-17H,3-9H2,1-2H3. The molecule has 1 saturated carbocycles. The molecule has 0 aromatic heterocycles. The summed E-state index contributed by atoms with van der Waals surface area (Å²) < 4.78 is 20.8. The van der Waals surface area contributed by atoms with E-state index < -0.39 is 0 Å². The number of hydrogen-bond donors (Lipinski definition) is 0. The van der Waals surface area contributed by atoms with Crippen molar-refractivity contribution in [2.24, 2.45) is 5.92 Å².